The van der Waals surface area contributed by atoms with Crippen molar-refractivity contribution in [3.63, 3.8) is 0 Å². The topological polar surface area (TPSA) is 100 Å². The van der Waals surface area contributed by atoms with Gasteiger partial charge in [-0.1, -0.05) is 38.1 Å². The molecule has 1 aromatic heterocycles. The number of nitrogens with one attached hydrogen (secondary N) is 3. The van der Waals surface area contributed by atoms with Gasteiger partial charge in [-0.2, -0.15) is 0 Å². The smallest absolute Gasteiger partial charge is 0.287 e. The fraction of sp³-hybridized carbons (Fsp3) is 0.381. The monoisotopic (exact) mass is 385 g/mol. The highest BCUT2D eigenvalue weighted by atomic mass is 16.3. The lowest BCUT2D eigenvalue weighted by Gasteiger charge is -2.15. The summed E-state index contributed by atoms with van der Waals surface area (Å²) in [5.41, 5.74) is 2.26. The van der Waals surface area contributed by atoms with Crippen LogP contribution < -0.4 is 16.0 Å². The molecule has 2 rings (SSSR count). The molecule has 0 aliphatic heterocycles. The van der Waals surface area contributed by atoms with E-state index in [1.165, 1.54) is 17.9 Å². The number of hydrogen-bond acceptors (Lipinski definition) is 4. The molecule has 1 heterocycles. The molecule has 150 valence electrons. The SMILES string of the molecule is CC(C)Cc1ccc([C@H](C)NC(=O)CNC(=O)CNC(=O)c2ccco2)cc1. The first-order valence-electron chi connectivity index (χ1n) is 9.31. The Hall–Kier alpha value is -3.09. The van der Waals surface area contributed by atoms with Crippen LogP contribution in [-0.4, -0.2) is 30.8 Å². The average Bonchev–Trinajstić information content (AvgIpc) is 3.19. The zero-order valence-electron chi connectivity index (χ0n) is 16.5. The molecule has 3 N–H and O–H groups in total. The van der Waals surface area contributed by atoms with Gasteiger partial charge in [-0.15, -0.1) is 0 Å². The lowest BCUT2D eigenvalue weighted by atomic mass is 10.00. The minimum atomic E-state index is -0.487. The number of furan rings is 1. The summed E-state index contributed by atoms with van der Waals surface area (Å²) in [5, 5.41) is 7.73. The minimum absolute atomic E-state index is 0.124. The highest BCUT2D eigenvalue weighted by Crippen LogP contribution is 2.15. The van der Waals surface area contributed by atoms with E-state index in [-0.39, 0.29) is 30.8 Å². The fourth-order valence-corrected chi connectivity index (χ4v) is 2.69. The number of benzene rings is 1. The summed E-state index contributed by atoms with van der Waals surface area (Å²) >= 11 is 0. The van der Waals surface area contributed by atoms with Crippen LogP contribution in [0.15, 0.2) is 47.1 Å². The van der Waals surface area contributed by atoms with Crippen LogP contribution in [-0.2, 0) is 16.0 Å². The van der Waals surface area contributed by atoms with Gasteiger partial charge in [-0.05, 0) is 42.5 Å². The zero-order valence-corrected chi connectivity index (χ0v) is 16.5. The molecular formula is C21H27N3O4. The van der Waals surface area contributed by atoms with Gasteiger partial charge in [0.15, 0.2) is 5.76 Å². The average molecular weight is 385 g/mol. The second kappa shape index (κ2) is 10.3. The van der Waals surface area contributed by atoms with E-state index >= 15 is 0 Å². The first-order chi connectivity index (χ1) is 13.3. The van der Waals surface area contributed by atoms with Crippen molar-refractivity contribution < 1.29 is 18.8 Å². The van der Waals surface area contributed by atoms with Crippen LogP contribution in [0, 0.1) is 5.92 Å². The highest BCUT2D eigenvalue weighted by Gasteiger charge is 2.13. The van der Waals surface area contributed by atoms with Gasteiger partial charge in [0, 0.05) is 0 Å². The van der Waals surface area contributed by atoms with Crippen LogP contribution in [0.2, 0.25) is 0 Å². The Bertz CT molecular complexity index is 782. The van der Waals surface area contributed by atoms with E-state index in [0.29, 0.717) is 5.92 Å². The number of rotatable bonds is 9. The maximum Gasteiger partial charge on any atom is 0.287 e. The van der Waals surface area contributed by atoms with Crippen molar-refractivity contribution >= 4 is 17.7 Å². The molecule has 1 atom stereocenters. The Morgan fingerprint density at radius 1 is 0.929 bits per heavy atom. The molecule has 7 heteroatoms. The van der Waals surface area contributed by atoms with Crippen molar-refractivity contribution in [2.45, 2.75) is 33.2 Å². The standard InChI is InChI=1S/C21H27N3O4/c1-14(2)11-16-6-8-17(9-7-16)15(3)24-20(26)13-22-19(25)12-23-21(27)18-5-4-10-28-18/h4-10,14-15H,11-13H2,1-3H3,(H,22,25)(H,23,27)(H,24,26)/t15-/m0/s1. The predicted molar refractivity (Wildman–Crippen MR) is 106 cm³/mol. The first kappa shape index (κ1) is 21.2. The van der Waals surface area contributed by atoms with E-state index < -0.39 is 11.8 Å². The predicted octanol–water partition coefficient (Wildman–Crippen LogP) is 2.20. The van der Waals surface area contributed by atoms with Gasteiger partial charge in [0.1, 0.15) is 0 Å². The summed E-state index contributed by atoms with van der Waals surface area (Å²) < 4.78 is 4.93. The van der Waals surface area contributed by atoms with Gasteiger partial charge in [-0.25, -0.2) is 0 Å². The third-order valence-corrected chi connectivity index (χ3v) is 4.10. The third kappa shape index (κ3) is 6.90. The van der Waals surface area contributed by atoms with E-state index in [0.717, 1.165) is 12.0 Å². The molecular weight excluding hydrogens is 358 g/mol. The van der Waals surface area contributed by atoms with Gasteiger partial charge in [0.05, 0.1) is 25.4 Å². The Morgan fingerprint density at radius 2 is 1.61 bits per heavy atom. The summed E-state index contributed by atoms with van der Waals surface area (Å²) in [7, 11) is 0. The molecule has 0 saturated carbocycles. The van der Waals surface area contributed by atoms with Crippen LogP contribution in [0.5, 0.6) is 0 Å². The fourth-order valence-electron chi connectivity index (χ4n) is 2.69. The summed E-state index contributed by atoms with van der Waals surface area (Å²) in [4.78, 5) is 35.5. The molecule has 3 amide bonds. The van der Waals surface area contributed by atoms with Gasteiger partial charge in [0.25, 0.3) is 5.91 Å². The van der Waals surface area contributed by atoms with Crippen LogP contribution in [0.4, 0.5) is 0 Å². The molecule has 0 unspecified atom stereocenters. The number of amides is 3. The molecule has 0 spiro atoms. The number of hydrogen-bond donors (Lipinski definition) is 3. The highest BCUT2D eigenvalue weighted by molar-refractivity contribution is 5.94. The largest absolute Gasteiger partial charge is 0.459 e. The molecule has 0 radical (unpaired) electrons. The zero-order chi connectivity index (χ0) is 20.5. The molecule has 28 heavy (non-hydrogen) atoms. The minimum Gasteiger partial charge on any atom is -0.459 e. The van der Waals surface area contributed by atoms with Gasteiger partial charge in [0.2, 0.25) is 11.8 Å². The Morgan fingerprint density at radius 3 is 2.21 bits per heavy atom. The number of carbonyl (C=O) groups excluding carboxylic acids is 3. The van der Waals surface area contributed by atoms with Gasteiger partial charge in [-0.3, -0.25) is 14.4 Å². The van der Waals surface area contributed by atoms with E-state index in [1.807, 2.05) is 19.1 Å². The molecule has 7 nitrogen and oxygen atoms in total. The Balaban J connectivity index is 1.71. The number of carbonyl (C=O) groups is 3. The van der Waals surface area contributed by atoms with Crippen molar-refractivity contribution in [2.24, 2.45) is 5.92 Å². The molecule has 0 saturated heterocycles. The van der Waals surface area contributed by atoms with Gasteiger partial charge >= 0.3 is 0 Å². The van der Waals surface area contributed by atoms with Gasteiger partial charge < -0.3 is 20.4 Å². The summed E-state index contributed by atoms with van der Waals surface area (Å²) in [6.07, 6.45) is 2.39. The second-order valence-electron chi connectivity index (χ2n) is 7.07. The van der Waals surface area contributed by atoms with Crippen molar-refractivity contribution in [3.05, 3.63) is 59.5 Å². The van der Waals surface area contributed by atoms with Crippen molar-refractivity contribution in [1.82, 2.24) is 16.0 Å². The maximum absolute atomic E-state index is 12.0. The normalized spacial score (nSPS) is 11.7. The molecule has 0 aliphatic carbocycles. The molecule has 0 aliphatic rings. The van der Waals surface area contributed by atoms with E-state index in [1.54, 1.807) is 6.07 Å². The summed E-state index contributed by atoms with van der Waals surface area (Å²) in [6.45, 7) is 5.84. The van der Waals surface area contributed by atoms with Crippen molar-refractivity contribution in [3.8, 4) is 0 Å². The summed E-state index contributed by atoms with van der Waals surface area (Å²) in [5.74, 6) is -0.529. The Labute approximate surface area is 164 Å². The quantitative estimate of drug-likeness (QED) is 0.616. The molecule has 0 fully saturated rings. The van der Waals surface area contributed by atoms with Crippen LogP contribution in [0.25, 0.3) is 0 Å². The lowest BCUT2D eigenvalue weighted by Crippen LogP contribution is -2.42. The third-order valence-electron chi connectivity index (χ3n) is 4.10. The van der Waals surface area contributed by atoms with E-state index in [2.05, 4.69) is 41.9 Å². The molecule has 0 bridgehead atoms. The van der Waals surface area contributed by atoms with E-state index in [9.17, 15) is 14.4 Å². The van der Waals surface area contributed by atoms with Crippen LogP contribution in [0.1, 0.15) is 48.5 Å². The second-order valence-corrected chi connectivity index (χ2v) is 7.07. The van der Waals surface area contributed by atoms with E-state index in [4.69, 9.17) is 4.42 Å². The molecule has 2 aromatic rings. The molecule has 1 aromatic carbocycles. The maximum atomic E-state index is 12.0. The Kier molecular flexibility index (Phi) is 7.80. The lowest BCUT2D eigenvalue weighted by molar-refractivity contribution is -0.125. The van der Waals surface area contributed by atoms with Crippen molar-refractivity contribution in [1.29, 1.82) is 0 Å². The van der Waals surface area contributed by atoms with Crippen molar-refractivity contribution in [2.75, 3.05) is 13.1 Å². The summed E-state index contributed by atoms with van der Waals surface area (Å²) in [6, 6.07) is 11.1. The van der Waals surface area contributed by atoms with Crippen LogP contribution in [0.3, 0.4) is 0 Å². The first-order valence-corrected chi connectivity index (χ1v) is 9.31. The van der Waals surface area contributed by atoms with Crippen LogP contribution >= 0.6 is 0 Å².